The maximum atomic E-state index is 10.1. The third-order valence-corrected chi connectivity index (χ3v) is 2.72. The van der Waals surface area contributed by atoms with E-state index in [1.54, 1.807) is 0 Å². The van der Waals surface area contributed by atoms with Crippen molar-refractivity contribution in [1.82, 2.24) is 10.2 Å². The molecule has 0 bridgehead atoms. The van der Waals surface area contributed by atoms with Crippen LogP contribution in [0.5, 0.6) is 0 Å². The van der Waals surface area contributed by atoms with E-state index in [1.807, 2.05) is 0 Å². The third-order valence-electron chi connectivity index (χ3n) is 2.08. The zero-order chi connectivity index (χ0) is 16.0. The Balaban J connectivity index is 0. The van der Waals surface area contributed by atoms with Crippen LogP contribution < -0.4 is 16.8 Å². The molecule has 0 radical (unpaired) electrons. The molecular formula is C10H27N4O5P. The molecule has 0 atom stereocenters. The van der Waals surface area contributed by atoms with Gasteiger partial charge in [-0.2, -0.15) is 0 Å². The van der Waals surface area contributed by atoms with E-state index >= 15 is 0 Å². The Kier molecular flexibility index (Phi) is 14.6. The molecule has 0 aliphatic carbocycles. The Labute approximate surface area is 119 Å². The van der Waals surface area contributed by atoms with Gasteiger partial charge in [0.25, 0.3) is 0 Å². The summed E-state index contributed by atoms with van der Waals surface area (Å²) in [6.45, 7) is 3.32. The van der Waals surface area contributed by atoms with Gasteiger partial charge in [-0.1, -0.05) is 0 Å². The lowest BCUT2D eigenvalue weighted by molar-refractivity contribution is -0.135. The van der Waals surface area contributed by atoms with Gasteiger partial charge in [-0.15, -0.1) is 0 Å². The Hall–Kier alpha value is -0.540. The molecular weight excluding hydrogens is 287 g/mol. The van der Waals surface area contributed by atoms with Crippen LogP contribution in [0.25, 0.3) is 0 Å². The van der Waals surface area contributed by atoms with Crippen LogP contribution in [0.2, 0.25) is 0 Å². The van der Waals surface area contributed by atoms with Gasteiger partial charge in [-0.3, -0.25) is 14.7 Å². The van der Waals surface area contributed by atoms with Gasteiger partial charge in [-0.25, -0.2) is 0 Å². The summed E-state index contributed by atoms with van der Waals surface area (Å²) in [5, 5.41) is 10.1. The molecule has 0 aromatic rings. The van der Waals surface area contributed by atoms with Gasteiger partial charge < -0.3 is 31.3 Å². The van der Waals surface area contributed by atoms with Crippen LogP contribution in [0, 0.1) is 0 Å². The number of nitrogens with one attached hydrogen (secondary N) is 1. The number of nitrogens with two attached hydrogens (primary N) is 2. The topological polar surface area (TPSA) is 162 Å². The second-order valence-corrected chi connectivity index (χ2v) is 5.88. The van der Waals surface area contributed by atoms with Crippen molar-refractivity contribution in [2.24, 2.45) is 11.5 Å². The van der Waals surface area contributed by atoms with Crippen molar-refractivity contribution in [2.45, 2.75) is 12.8 Å². The number of carboxylic acid groups (broad SMARTS) is 1. The number of hydrogen-bond donors (Lipinski definition) is 6. The Morgan fingerprint density at radius 2 is 1.65 bits per heavy atom. The highest BCUT2D eigenvalue weighted by Gasteiger charge is 2.11. The zero-order valence-electron chi connectivity index (χ0n) is 11.9. The first-order valence-corrected chi connectivity index (χ1v) is 8.08. The first kappa shape index (κ1) is 21.8. The summed E-state index contributed by atoms with van der Waals surface area (Å²) in [5.41, 5.74) is 10.7. The molecule has 0 amide bonds. The van der Waals surface area contributed by atoms with Gasteiger partial charge >= 0.3 is 13.6 Å². The number of aliphatic carboxylic acids is 1. The quantitative estimate of drug-likeness (QED) is 0.261. The van der Waals surface area contributed by atoms with Gasteiger partial charge in [0.05, 0.1) is 12.8 Å². The Bertz CT molecular complexity index is 279. The van der Waals surface area contributed by atoms with Crippen molar-refractivity contribution in [3.63, 3.8) is 0 Å². The SMILES string of the molecule is CN(CCCN)CCCN.O=C(O)CNCP(=O)(O)O. The molecule has 0 spiro atoms. The molecule has 0 fully saturated rings. The highest BCUT2D eigenvalue weighted by molar-refractivity contribution is 7.51. The van der Waals surface area contributed by atoms with E-state index in [4.69, 9.17) is 26.4 Å². The third kappa shape index (κ3) is 22.6. The summed E-state index contributed by atoms with van der Waals surface area (Å²) < 4.78 is 10.1. The lowest BCUT2D eigenvalue weighted by atomic mass is 10.3. The standard InChI is InChI=1S/C7H19N3.C3H8NO5P/c1-10(6-2-4-8)7-3-5-9;5-3(6)1-4-2-10(7,8)9/h2-9H2,1H3;4H,1-2H2,(H,5,6)(H2,7,8,9). The van der Waals surface area contributed by atoms with E-state index in [1.165, 1.54) is 0 Å². The van der Waals surface area contributed by atoms with E-state index in [0.717, 1.165) is 39.0 Å². The van der Waals surface area contributed by atoms with Gasteiger partial charge in [0.2, 0.25) is 0 Å². The summed E-state index contributed by atoms with van der Waals surface area (Å²) in [5.74, 6) is -1.14. The number of carbonyl (C=O) groups is 1. The molecule has 0 aromatic heterocycles. The zero-order valence-corrected chi connectivity index (χ0v) is 12.8. The normalized spacial score (nSPS) is 11.1. The van der Waals surface area contributed by atoms with Crippen LogP contribution >= 0.6 is 7.60 Å². The van der Waals surface area contributed by atoms with E-state index in [0.29, 0.717) is 0 Å². The van der Waals surface area contributed by atoms with Crippen molar-refractivity contribution in [3.05, 3.63) is 0 Å². The minimum atomic E-state index is -4.10. The average Bonchev–Trinajstić information content (AvgIpc) is 2.32. The minimum absolute atomic E-state index is 0.439. The van der Waals surface area contributed by atoms with Crippen molar-refractivity contribution in [2.75, 3.05) is 46.1 Å². The van der Waals surface area contributed by atoms with Crippen LogP contribution in [0.3, 0.4) is 0 Å². The molecule has 0 rings (SSSR count). The van der Waals surface area contributed by atoms with Crippen LogP contribution in [0.15, 0.2) is 0 Å². The number of nitrogens with zero attached hydrogens (tertiary/aromatic N) is 1. The smallest absolute Gasteiger partial charge is 0.339 e. The second-order valence-electron chi connectivity index (χ2n) is 4.23. The summed E-state index contributed by atoms with van der Waals surface area (Å²) in [4.78, 5) is 28.4. The summed E-state index contributed by atoms with van der Waals surface area (Å²) >= 11 is 0. The fraction of sp³-hybridized carbons (Fsp3) is 0.900. The van der Waals surface area contributed by atoms with Crippen LogP contribution in [-0.4, -0.2) is 71.8 Å². The molecule has 122 valence electrons. The second kappa shape index (κ2) is 13.4. The Morgan fingerprint density at radius 3 is 1.95 bits per heavy atom. The van der Waals surface area contributed by atoms with Crippen LogP contribution in [-0.2, 0) is 9.36 Å². The predicted molar refractivity (Wildman–Crippen MR) is 77.4 cm³/mol. The highest BCUT2D eigenvalue weighted by Crippen LogP contribution is 2.31. The van der Waals surface area contributed by atoms with E-state index < -0.39 is 26.4 Å². The molecule has 0 unspecified atom stereocenters. The monoisotopic (exact) mass is 314 g/mol. The predicted octanol–water partition coefficient (Wildman–Crippen LogP) is -1.59. The Morgan fingerprint density at radius 1 is 1.20 bits per heavy atom. The van der Waals surface area contributed by atoms with E-state index in [-0.39, 0.29) is 0 Å². The molecule has 10 heteroatoms. The lowest BCUT2D eigenvalue weighted by Crippen LogP contribution is -2.24. The molecule has 0 heterocycles. The van der Waals surface area contributed by atoms with Crippen LogP contribution in [0.4, 0.5) is 0 Å². The molecule has 0 aromatic carbocycles. The molecule has 8 N–H and O–H groups in total. The van der Waals surface area contributed by atoms with Crippen molar-refractivity contribution >= 4 is 13.6 Å². The van der Waals surface area contributed by atoms with Gasteiger partial charge in [-0.05, 0) is 46.1 Å². The fourth-order valence-corrected chi connectivity index (χ4v) is 1.55. The molecule has 0 aliphatic heterocycles. The van der Waals surface area contributed by atoms with Crippen LogP contribution in [0.1, 0.15) is 12.8 Å². The molecule has 9 nitrogen and oxygen atoms in total. The molecule has 20 heavy (non-hydrogen) atoms. The highest BCUT2D eigenvalue weighted by atomic mass is 31.2. The summed E-state index contributed by atoms with van der Waals surface area (Å²) in [6.07, 6.45) is 1.57. The number of hydrogen-bond acceptors (Lipinski definition) is 6. The van der Waals surface area contributed by atoms with Crippen molar-refractivity contribution in [3.8, 4) is 0 Å². The number of carboxylic acids is 1. The van der Waals surface area contributed by atoms with Gasteiger partial charge in [0, 0.05) is 0 Å². The number of rotatable bonds is 10. The first-order chi connectivity index (χ1) is 9.22. The first-order valence-electron chi connectivity index (χ1n) is 6.28. The van der Waals surface area contributed by atoms with E-state index in [2.05, 4.69) is 17.3 Å². The maximum Gasteiger partial charge on any atom is 0.339 e. The molecule has 0 saturated carbocycles. The van der Waals surface area contributed by atoms with E-state index in [9.17, 15) is 9.36 Å². The lowest BCUT2D eigenvalue weighted by Gasteiger charge is -2.14. The van der Waals surface area contributed by atoms with Gasteiger partial charge in [0.1, 0.15) is 0 Å². The molecule has 0 aliphatic rings. The minimum Gasteiger partial charge on any atom is -0.480 e. The average molecular weight is 314 g/mol. The molecule has 0 saturated heterocycles. The summed E-state index contributed by atoms with van der Waals surface area (Å²) in [7, 11) is -1.99. The maximum absolute atomic E-state index is 10.1. The fourth-order valence-electron chi connectivity index (χ4n) is 1.14. The summed E-state index contributed by atoms with van der Waals surface area (Å²) in [6, 6.07) is 0. The van der Waals surface area contributed by atoms with Crippen molar-refractivity contribution in [1.29, 1.82) is 0 Å². The van der Waals surface area contributed by atoms with Gasteiger partial charge in [0.15, 0.2) is 0 Å². The largest absolute Gasteiger partial charge is 0.480 e. The van der Waals surface area contributed by atoms with Crippen molar-refractivity contribution < 1.29 is 24.3 Å².